The number of thiophene rings is 1. The fourth-order valence-corrected chi connectivity index (χ4v) is 4.48. The molecule has 1 unspecified atom stereocenters. The van der Waals surface area contributed by atoms with Crippen LogP contribution in [0.5, 0.6) is 0 Å². The molecule has 3 rings (SSSR count). The molecule has 1 saturated carbocycles. The van der Waals surface area contributed by atoms with Gasteiger partial charge in [-0.3, -0.25) is 4.79 Å². The Morgan fingerprint density at radius 1 is 1.38 bits per heavy atom. The number of aliphatic hydroxyl groups excluding tert-OH is 3. The van der Waals surface area contributed by atoms with Gasteiger partial charge in [-0.2, -0.15) is 0 Å². The summed E-state index contributed by atoms with van der Waals surface area (Å²) in [6.45, 7) is -0.178. The van der Waals surface area contributed by atoms with Crippen LogP contribution < -0.4 is 5.32 Å². The average Bonchev–Trinajstić information content (AvgIpc) is 3.06. The predicted octanol–water partition coefficient (Wildman–Crippen LogP) is 0.387. The van der Waals surface area contributed by atoms with E-state index in [1.165, 1.54) is 4.88 Å². The van der Waals surface area contributed by atoms with E-state index < -0.39 is 18.2 Å². The van der Waals surface area contributed by atoms with Crippen molar-refractivity contribution in [2.45, 2.75) is 49.9 Å². The summed E-state index contributed by atoms with van der Waals surface area (Å²) >= 11 is 1.69. The van der Waals surface area contributed by atoms with Gasteiger partial charge in [0, 0.05) is 17.4 Å². The van der Waals surface area contributed by atoms with Crippen molar-refractivity contribution in [1.29, 1.82) is 0 Å². The summed E-state index contributed by atoms with van der Waals surface area (Å²) < 4.78 is 0. The van der Waals surface area contributed by atoms with Crippen LogP contribution in [0.1, 0.15) is 35.6 Å². The molecule has 21 heavy (non-hydrogen) atoms. The molecular weight excluding hydrogens is 290 g/mol. The number of amides is 1. The van der Waals surface area contributed by atoms with Crippen molar-refractivity contribution < 1.29 is 20.1 Å². The van der Waals surface area contributed by atoms with Crippen LogP contribution >= 0.6 is 11.3 Å². The maximum atomic E-state index is 12.5. The Morgan fingerprint density at radius 3 is 2.90 bits per heavy atom. The van der Waals surface area contributed by atoms with E-state index >= 15 is 0 Å². The second-order valence-corrected chi connectivity index (χ2v) is 7.02. The van der Waals surface area contributed by atoms with Crippen LogP contribution in [0, 0.1) is 5.92 Å². The number of aryl methyl sites for hydroxylation is 1. The maximum absolute atomic E-state index is 12.5. The molecule has 2 aliphatic carbocycles. The van der Waals surface area contributed by atoms with Crippen molar-refractivity contribution >= 4 is 17.2 Å². The first-order chi connectivity index (χ1) is 10.1. The van der Waals surface area contributed by atoms with Crippen molar-refractivity contribution in [3.63, 3.8) is 0 Å². The molecule has 0 saturated heterocycles. The van der Waals surface area contributed by atoms with Gasteiger partial charge in [0.05, 0.1) is 18.1 Å². The first kappa shape index (κ1) is 15.0. The number of rotatable bonds is 3. The van der Waals surface area contributed by atoms with Crippen molar-refractivity contribution in [3.8, 4) is 0 Å². The lowest BCUT2D eigenvalue weighted by Gasteiger charge is -2.25. The Morgan fingerprint density at radius 2 is 2.19 bits per heavy atom. The number of carbonyl (C=O) groups excluding carboxylic acids is 1. The minimum Gasteiger partial charge on any atom is -0.396 e. The second kappa shape index (κ2) is 6.04. The Kier molecular flexibility index (Phi) is 4.31. The quantitative estimate of drug-likeness (QED) is 0.650. The Labute approximate surface area is 127 Å². The zero-order valence-electron chi connectivity index (χ0n) is 11.7. The number of nitrogens with one attached hydrogen (secondary N) is 1. The Bertz CT molecular complexity index is 518. The van der Waals surface area contributed by atoms with Crippen LogP contribution in [0.15, 0.2) is 11.4 Å². The fourth-order valence-electron chi connectivity index (χ4n) is 3.49. The van der Waals surface area contributed by atoms with Crippen LogP contribution in [-0.4, -0.2) is 46.1 Å². The minimum absolute atomic E-state index is 0.0795. The molecule has 0 aromatic carbocycles. The minimum atomic E-state index is -1.00. The molecule has 116 valence electrons. The molecule has 1 aromatic heterocycles. The molecule has 1 amide bonds. The summed E-state index contributed by atoms with van der Waals surface area (Å²) in [7, 11) is 0. The largest absolute Gasteiger partial charge is 0.396 e. The molecular formula is C15H21NO4S. The first-order valence-electron chi connectivity index (χ1n) is 7.45. The van der Waals surface area contributed by atoms with Crippen LogP contribution in [0.4, 0.5) is 0 Å². The van der Waals surface area contributed by atoms with Crippen LogP contribution in [0.3, 0.4) is 0 Å². The monoisotopic (exact) mass is 311 g/mol. The predicted molar refractivity (Wildman–Crippen MR) is 79.1 cm³/mol. The molecule has 0 radical (unpaired) electrons. The van der Waals surface area contributed by atoms with Gasteiger partial charge >= 0.3 is 0 Å². The normalized spacial score (nSPS) is 35.5. The topological polar surface area (TPSA) is 89.8 Å². The fraction of sp³-hybridized carbons (Fsp3) is 0.667. The van der Waals surface area contributed by atoms with E-state index in [0.717, 1.165) is 24.8 Å². The van der Waals surface area contributed by atoms with E-state index in [1.54, 1.807) is 11.3 Å². The highest BCUT2D eigenvalue weighted by atomic mass is 32.1. The lowest BCUT2D eigenvalue weighted by Crippen LogP contribution is -2.45. The number of carbonyl (C=O) groups is 1. The van der Waals surface area contributed by atoms with Gasteiger partial charge in [0.2, 0.25) is 5.91 Å². The molecule has 1 heterocycles. The number of hydrogen-bond donors (Lipinski definition) is 4. The summed E-state index contributed by atoms with van der Waals surface area (Å²) in [4.78, 5) is 13.8. The summed E-state index contributed by atoms with van der Waals surface area (Å²) in [5.74, 6) is -0.602. The molecule has 1 fully saturated rings. The van der Waals surface area contributed by atoms with Gasteiger partial charge in [0.25, 0.3) is 0 Å². The van der Waals surface area contributed by atoms with E-state index in [9.17, 15) is 20.1 Å². The number of fused-ring (bicyclic) bond motifs is 1. The van der Waals surface area contributed by atoms with Crippen LogP contribution in [0.25, 0.3) is 0 Å². The SMILES string of the molecule is O=C(N[C@H]1C[C@@H](CO)[C@H](O)[C@@H]1O)C1CCCc2sccc21. The third-order valence-corrected chi connectivity index (χ3v) is 5.73. The smallest absolute Gasteiger partial charge is 0.227 e. The van der Waals surface area contributed by atoms with E-state index in [2.05, 4.69) is 5.32 Å². The van der Waals surface area contributed by atoms with Crippen molar-refractivity contribution in [3.05, 3.63) is 21.9 Å². The van der Waals surface area contributed by atoms with Crippen LogP contribution in [-0.2, 0) is 11.2 Å². The summed E-state index contributed by atoms with van der Waals surface area (Å²) in [6, 6.07) is 1.54. The molecule has 0 bridgehead atoms. The zero-order valence-corrected chi connectivity index (χ0v) is 12.6. The van der Waals surface area contributed by atoms with E-state index in [4.69, 9.17) is 0 Å². The molecule has 2 aliphatic rings. The highest BCUT2D eigenvalue weighted by Gasteiger charge is 2.42. The highest BCUT2D eigenvalue weighted by molar-refractivity contribution is 7.10. The van der Waals surface area contributed by atoms with Crippen molar-refractivity contribution in [1.82, 2.24) is 5.32 Å². The molecule has 0 aliphatic heterocycles. The van der Waals surface area contributed by atoms with E-state index in [0.29, 0.717) is 6.42 Å². The summed E-state index contributed by atoms with van der Waals surface area (Å²) in [5.41, 5.74) is 1.11. The Hall–Kier alpha value is -0.950. The van der Waals surface area contributed by atoms with Gasteiger partial charge in [-0.1, -0.05) is 0 Å². The molecule has 5 atom stereocenters. The standard InChI is InChI=1S/C15H21NO4S/c17-7-8-6-11(14(19)13(8)18)16-15(20)10-2-1-3-12-9(10)4-5-21-12/h4-5,8,10-11,13-14,17-19H,1-3,6-7H2,(H,16,20)/t8-,10?,11-,13-,14+/m0/s1. The third kappa shape index (κ3) is 2.73. The van der Waals surface area contributed by atoms with E-state index in [-0.39, 0.29) is 24.3 Å². The third-order valence-electron chi connectivity index (χ3n) is 4.73. The molecule has 5 nitrogen and oxygen atoms in total. The van der Waals surface area contributed by atoms with Gasteiger partial charge in [-0.05, 0) is 42.7 Å². The van der Waals surface area contributed by atoms with E-state index in [1.807, 2.05) is 11.4 Å². The molecule has 1 aromatic rings. The zero-order chi connectivity index (χ0) is 15.0. The summed E-state index contributed by atoms with van der Waals surface area (Å²) in [6.07, 6.45) is 1.30. The lowest BCUT2D eigenvalue weighted by atomic mass is 9.87. The van der Waals surface area contributed by atoms with Gasteiger partial charge in [0.15, 0.2) is 0 Å². The van der Waals surface area contributed by atoms with Gasteiger partial charge < -0.3 is 20.6 Å². The average molecular weight is 311 g/mol. The van der Waals surface area contributed by atoms with Crippen LogP contribution in [0.2, 0.25) is 0 Å². The van der Waals surface area contributed by atoms with Gasteiger partial charge in [-0.25, -0.2) is 0 Å². The molecule has 0 spiro atoms. The summed E-state index contributed by atoms with van der Waals surface area (Å²) in [5, 5.41) is 33.9. The van der Waals surface area contributed by atoms with Gasteiger partial charge in [0.1, 0.15) is 6.10 Å². The van der Waals surface area contributed by atoms with Gasteiger partial charge in [-0.15, -0.1) is 11.3 Å². The second-order valence-electron chi connectivity index (χ2n) is 6.02. The maximum Gasteiger partial charge on any atom is 0.227 e. The highest BCUT2D eigenvalue weighted by Crippen LogP contribution is 2.35. The first-order valence-corrected chi connectivity index (χ1v) is 8.33. The number of hydrogen-bond acceptors (Lipinski definition) is 5. The Balaban J connectivity index is 1.68. The number of aliphatic hydroxyl groups is 3. The van der Waals surface area contributed by atoms with Crippen molar-refractivity contribution in [2.75, 3.05) is 6.61 Å². The molecule has 6 heteroatoms. The lowest BCUT2D eigenvalue weighted by molar-refractivity contribution is -0.124. The molecule has 4 N–H and O–H groups in total. The van der Waals surface area contributed by atoms with Crippen molar-refractivity contribution in [2.24, 2.45) is 5.92 Å².